The highest BCUT2D eigenvalue weighted by molar-refractivity contribution is 5.96. The Kier molecular flexibility index (Phi) is 4.92. The van der Waals surface area contributed by atoms with Crippen LogP contribution in [0.4, 0.5) is 5.69 Å². The van der Waals surface area contributed by atoms with E-state index in [0.29, 0.717) is 11.3 Å². The number of carbonyl (C=O) groups excluding carboxylic acids is 1. The van der Waals surface area contributed by atoms with E-state index < -0.39 is 5.63 Å². The molecule has 1 amide bonds. The van der Waals surface area contributed by atoms with Crippen molar-refractivity contribution in [2.45, 2.75) is 45.9 Å². The Balaban J connectivity index is 1.76. The molecule has 25 heavy (non-hydrogen) atoms. The number of anilines is 1. The zero-order valence-corrected chi connectivity index (χ0v) is 15.0. The minimum Gasteiger partial charge on any atom is -0.423 e. The van der Waals surface area contributed by atoms with Crippen LogP contribution in [0.3, 0.4) is 0 Å². The van der Waals surface area contributed by atoms with Gasteiger partial charge in [-0.2, -0.15) is 0 Å². The summed E-state index contributed by atoms with van der Waals surface area (Å²) < 4.78 is 11.0. The fourth-order valence-corrected chi connectivity index (χ4v) is 3.35. The van der Waals surface area contributed by atoms with Gasteiger partial charge in [-0.25, -0.2) is 4.79 Å². The van der Waals surface area contributed by atoms with Gasteiger partial charge in [0.1, 0.15) is 5.58 Å². The average Bonchev–Trinajstić information content (AvgIpc) is 2.52. The highest BCUT2D eigenvalue weighted by Gasteiger charge is 2.29. The second-order valence-electron chi connectivity index (χ2n) is 6.84. The van der Waals surface area contributed by atoms with Crippen LogP contribution in [0.5, 0.6) is 0 Å². The van der Waals surface area contributed by atoms with E-state index in [4.69, 9.17) is 9.15 Å². The van der Waals surface area contributed by atoms with Crippen LogP contribution in [-0.4, -0.2) is 42.1 Å². The van der Waals surface area contributed by atoms with Crippen molar-refractivity contribution in [3.63, 3.8) is 0 Å². The topological polar surface area (TPSA) is 71.8 Å². The van der Waals surface area contributed by atoms with Crippen molar-refractivity contribution in [3.8, 4) is 0 Å². The van der Waals surface area contributed by atoms with Crippen LogP contribution in [0, 0.1) is 6.92 Å². The van der Waals surface area contributed by atoms with Gasteiger partial charge in [0.25, 0.3) is 0 Å². The Bertz CT molecular complexity index is 835. The SMILES string of the molecule is Cc1cc(=O)oc2cc(NC(=O)C(C)N3C[C@@H](C)O[C@@H](C)C3)ccc12. The van der Waals surface area contributed by atoms with E-state index in [1.54, 1.807) is 6.07 Å². The molecule has 1 aromatic heterocycles. The van der Waals surface area contributed by atoms with E-state index in [-0.39, 0.29) is 24.2 Å². The van der Waals surface area contributed by atoms with Crippen LogP contribution < -0.4 is 10.9 Å². The monoisotopic (exact) mass is 344 g/mol. The molecule has 3 rings (SSSR count). The van der Waals surface area contributed by atoms with Gasteiger partial charge in [0.15, 0.2) is 0 Å². The van der Waals surface area contributed by atoms with Crippen LogP contribution in [0.2, 0.25) is 0 Å². The first kappa shape index (κ1) is 17.6. The Hall–Kier alpha value is -2.18. The molecule has 0 aliphatic carbocycles. The van der Waals surface area contributed by atoms with Gasteiger partial charge >= 0.3 is 5.63 Å². The molecule has 1 aromatic carbocycles. The number of hydrogen-bond acceptors (Lipinski definition) is 5. The molecule has 1 aliphatic heterocycles. The van der Waals surface area contributed by atoms with Crippen molar-refractivity contribution in [2.24, 2.45) is 0 Å². The van der Waals surface area contributed by atoms with Crippen molar-refractivity contribution in [3.05, 3.63) is 40.2 Å². The normalized spacial score (nSPS) is 22.7. The van der Waals surface area contributed by atoms with Gasteiger partial charge in [-0.15, -0.1) is 0 Å². The maximum absolute atomic E-state index is 12.6. The summed E-state index contributed by atoms with van der Waals surface area (Å²) in [7, 11) is 0. The number of fused-ring (bicyclic) bond motifs is 1. The summed E-state index contributed by atoms with van der Waals surface area (Å²) in [6.07, 6.45) is 0.217. The summed E-state index contributed by atoms with van der Waals surface area (Å²) in [4.78, 5) is 26.3. The van der Waals surface area contributed by atoms with Gasteiger partial charge in [0.05, 0.1) is 18.2 Å². The molecule has 1 fully saturated rings. The summed E-state index contributed by atoms with van der Waals surface area (Å²) in [5.74, 6) is -0.0874. The molecule has 134 valence electrons. The Morgan fingerprint density at radius 2 is 1.92 bits per heavy atom. The van der Waals surface area contributed by atoms with Gasteiger partial charge in [-0.05, 0) is 45.4 Å². The molecular weight excluding hydrogens is 320 g/mol. The standard InChI is InChI=1S/C19H24N2O4/c1-11-7-18(22)25-17-8-15(5-6-16(11)17)20-19(23)14(4)21-9-12(2)24-13(3)10-21/h5-8,12-14H,9-10H2,1-4H3,(H,20,23)/t12-,13+,14?. The van der Waals surface area contributed by atoms with E-state index in [1.807, 2.05) is 39.8 Å². The van der Waals surface area contributed by atoms with E-state index in [9.17, 15) is 9.59 Å². The number of nitrogens with one attached hydrogen (secondary N) is 1. The summed E-state index contributed by atoms with van der Waals surface area (Å²) >= 11 is 0. The van der Waals surface area contributed by atoms with Gasteiger partial charge in [0.2, 0.25) is 5.91 Å². The number of aryl methyl sites for hydroxylation is 1. The predicted octanol–water partition coefficient (Wildman–Crippen LogP) is 2.54. The molecule has 2 heterocycles. The minimum absolute atomic E-state index is 0.0874. The number of benzene rings is 1. The van der Waals surface area contributed by atoms with Crippen LogP contribution in [0.25, 0.3) is 11.0 Å². The molecule has 0 saturated carbocycles. The molecule has 6 heteroatoms. The van der Waals surface area contributed by atoms with E-state index in [0.717, 1.165) is 24.0 Å². The Morgan fingerprint density at radius 1 is 1.24 bits per heavy atom. The highest BCUT2D eigenvalue weighted by Crippen LogP contribution is 2.21. The molecule has 0 radical (unpaired) electrons. The van der Waals surface area contributed by atoms with Crippen LogP contribution in [0.1, 0.15) is 26.3 Å². The second kappa shape index (κ2) is 6.98. The molecule has 1 N–H and O–H groups in total. The maximum Gasteiger partial charge on any atom is 0.336 e. The lowest BCUT2D eigenvalue weighted by Crippen LogP contribution is -2.52. The van der Waals surface area contributed by atoms with Crippen molar-refractivity contribution in [1.82, 2.24) is 4.90 Å². The maximum atomic E-state index is 12.6. The number of nitrogens with zero attached hydrogens (tertiary/aromatic N) is 1. The lowest BCUT2D eigenvalue weighted by atomic mass is 10.1. The number of carbonyl (C=O) groups is 1. The number of ether oxygens (including phenoxy) is 1. The third-order valence-corrected chi connectivity index (χ3v) is 4.59. The second-order valence-corrected chi connectivity index (χ2v) is 6.84. The third-order valence-electron chi connectivity index (χ3n) is 4.59. The molecular formula is C19H24N2O4. The first-order valence-electron chi connectivity index (χ1n) is 8.58. The molecule has 2 aromatic rings. The summed E-state index contributed by atoms with van der Waals surface area (Å²) in [6.45, 7) is 9.24. The molecule has 6 nitrogen and oxygen atoms in total. The van der Waals surface area contributed by atoms with Crippen molar-refractivity contribution in [2.75, 3.05) is 18.4 Å². The Labute approximate surface area is 146 Å². The minimum atomic E-state index is -0.391. The zero-order valence-electron chi connectivity index (χ0n) is 15.0. The molecule has 1 unspecified atom stereocenters. The fraction of sp³-hybridized carbons (Fsp3) is 0.474. The summed E-state index contributed by atoms with van der Waals surface area (Å²) in [6, 6.07) is 6.56. The molecule has 3 atom stereocenters. The van der Waals surface area contributed by atoms with Gasteiger partial charge in [0, 0.05) is 36.3 Å². The Morgan fingerprint density at radius 3 is 2.60 bits per heavy atom. The average molecular weight is 344 g/mol. The van der Waals surface area contributed by atoms with Gasteiger partial charge < -0.3 is 14.5 Å². The van der Waals surface area contributed by atoms with Gasteiger partial charge in [-0.3, -0.25) is 9.69 Å². The summed E-state index contributed by atoms with van der Waals surface area (Å²) in [5, 5.41) is 3.78. The van der Waals surface area contributed by atoms with Crippen molar-refractivity contribution in [1.29, 1.82) is 0 Å². The fourth-order valence-electron chi connectivity index (χ4n) is 3.35. The van der Waals surface area contributed by atoms with Crippen molar-refractivity contribution >= 4 is 22.6 Å². The third kappa shape index (κ3) is 3.91. The summed E-state index contributed by atoms with van der Waals surface area (Å²) in [5.41, 5.74) is 1.56. The van der Waals surface area contributed by atoms with Crippen LogP contribution in [0.15, 0.2) is 33.5 Å². The van der Waals surface area contributed by atoms with Crippen LogP contribution >= 0.6 is 0 Å². The smallest absolute Gasteiger partial charge is 0.336 e. The lowest BCUT2D eigenvalue weighted by Gasteiger charge is -2.38. The number of morpholine rings is 1. The lowest BCUT2D eigenvalue weighted by molar-refractivity contribution is -0.126. The van der Waals surface area contributed by atoms with E-state index in [1.165, 1.54) is 6.07 Å². The number of hydrogen-bond donors (Lipinski definition) is 1. The van der Waals surface area contributed by atoms with E-state index in [2.05, 4.69) is 10.2 Å². The number of rotatable bonds is 3. The van der Waals surface area contributed by atoms with Gasteiger partial charge in [-0.1, -0.05) is 0 Å². The quantitative estimate of drug-likeness (QED) is 0.867. The van der Waals surface area contributed by atoms with Crippen LogP contribution in [-0.2, 0) is 9.53 Å². The molecule has 1 aliphatic rings. The van der Waals surface area contributed by atoms with Crippen molar-refractivity contribution < 1.29 is 13.9 Å². The largest absolute Gasteiger partial charge is 0.423 e. The van der Waals surface area contributed by atoms with E-state index >= 15 is 0 Å². The number of amides is 1. The highest BCUT2D eigenvalue weighted by atomic mass is 16.5. The zero-order chi connectivity index (χ0) is 18.1. The first-order valence-corrected chi connectivity index (χ1v) is 8.58. The molecule has 0 bridgehead atoms. The predicted molar refractivity (Wildman–Crippen MR) is 96.9 cm³/mol. The first-order chi connectivity index (χ1) is 11.8. The molecule has 1 saturated heterocycles. The molecule has 0 spiro atoms.